The first kappa shape index (κ1) is 11.6. The highest BCUT2D eigenvalue weighted by molar-refractivity contribution is 7.99. The number of nitrogens with one attached hydrogen (secondary N) is 1. The van der Waals surface area contributed by atoms with E-state index in [1.165, 1.54) is 24.4 Å². The molecule has 0 spiro atoms. The number of nitrogens with two attached hydrogens (primary N) is 1. The van der Waals surface area contributed by atoms with Gasteiger partial charge in [-0.3, -0.25) is 5.10 Å². The third-order valence-electron chi connectivity index (χ3n) is 1.84. The van der Waals surface area contributed by atoms with Crippen LogP contribution in [0.4, 0.5) is 5.69 Å². The summed E-state index contributed by atoms with van der Waals surface area (Å²) in [5.41, 5.74) is 6.33. The minimum absolute atomic E-state index is 0.406. The van der Waals surface area contributed by atoms with Crippen LogP contribution >= 0.6 is 11.8 Å². The lowest BCUT2D eigenvalue weighted by Gasteiger charge is -2.08. The fourth-order valence-electron chi connectivity index (χ4n) is 1.09. The summed E-state index contributed by atoms with van der Waals surface area (Å²) in [4.78, 5) is 12.1. The lowest BCUT2D eigenvalue weighted by atomic mass is 10.5. The van der Waals surface area contributed by atoms with Gasteiger partial charge in [-0.1, -0.05) is 6.92 Å². The number of rotatable bonds is 5. The molecule has 0 fully saturated rings. The molecule has 0 radical (unpaired) electrons. The van der Waals surface area contributed by atoms with Crippen LogP contribution in [0, 0.1) is 0 Å². The smallest absolute Gasteiger partial charge is 0.241 e. The largest absolute Gasteiger partial charge is 0.476 e. The van der Waals surface area contributed by atoms with E-state index in [2.05, 4.69) is 25.1 Å². The average molecular weight is 252 g/mol. The minimum atomic E-state index is 0.406. The fraction of sp³-hybridized carbons (Fsp3) is 0.333. The van der Waals surface area contributed by atoms with Gasteiger partial charge in [0, 0.05) is 0 Å². The summed E-state index contributed by atoms with van der Waals surface area (Å²) >= 11 is 1.28. The standard InChI is InChI=1S/C9H12N6OS/c1-2-3-16-7-6(10)8(12-4-11-7)17-9-13-5-14-15-9/h4-5H,2-3,10H2,1H3,(H,13,14,15). The minimum Gasteiger partial charge on any atom is -0.476 e. The van der Waals surface area contributed by atoms with Crippen LogP contribution in [0.1, 0.15) is 13.3 Å². The molecule has 2 heterocycles. The van der Waals surface area contributed by atoms with Gasteiger partial charge in [-0.15, -0.1) is 0 Å². The summed E-state index contributed by atoms with van der Waals surface area (Å²) in [7, 11) is 0. The molecule has 0 aliphatic heterocycles. The number of ether oxygens (including phenoxy) is 1. The van der Waals surface area contributed by atoms with E-state index >= 15 is 0 Å². The molecule has 0 saturated carbocycles. The highest BCUT2D eigenvalue weighted by Crippen LogP contribution is 2.31. The van der Waals surface area contributed by atoms with Crippen molar-refractivity contribution in [3.63, 3.8) is 0 Å². The molecule has 2 aromatic rings. The van der Waals surface area contributed by atoms with Gasteiger partial charge in [0.25, 0.3) is 0 Å². The third-order valence-corrected chi connectivity index (χ3v) is 2.75. The Bertz CT molecular complexity index is 474. The Balaban J connectivity index is 2.17. The number of nitrogen functional groups attached to an aromatic ring is 1. The normalized spacial score (nSPS) is 10.4. The van der Waals surface area contributed by atoms with Crippen LogP contribution in [0.25, 0.3) is 0 Å². The first-order valence-corrected chi connectivity index (χ1v) is 5.89. The van der Waals surface area contributed by atoms with Gasteiger partial charge < -0.3 is 10.5 Å². The van der Waals surface area contributed by atoms with Gasteiger partial charge in [-0.25, -0.2) is 9.97 Å². The van der Waals surface area contributed by atoms with Crippen molar-refractivity contribution in [1.29, 1.82) is 0 Å². The molecule has 0 aliphatic carbocycles. The molecule has 90 valence electrons. The van der Waals surface area contributed by atoms with E-state index in [0.29, 0.717) is 28.4 Å². The molecule has 0 atom stereocenters. The van der Waals surface area contributed by atoms with Gasteiger partial charge in [0.15, 0.2) is 5.16 Å². The second-order valence-corrected chi connectivity index (χ2v) is 4.12. The Labute approximate surface area is 102 Å². The van der Waals surface area contributed by atoms with Crippen molar-refractivity contribution >= 4 is 17.4 Å². The zero-order chi connectivity index (χ0) is 12.1. The summed E-state index contributed by atoms with van der Waals surface area (Å²) in [5, 5.41) is 7.69. The van der Waals surface area contributed by atoms with Gasteiger partial charge in [0.05, 0.1) is 6.61 Å². The van der Waals surface area contributed by atoms with Crippen LogP contribution in [0.5, 0.6) is 5.88 Å². The number of H-pyrrole nitrogens is 1. The predicted octanol–water partition coefficient (Wildman–Crippen LogP) is 1.12. The maximum absolute atomic E-state index is 5.91. The zero-order valence-electron chi connectivity index (χ0n) is 9.25. The van der Waals surface area contributed by atoms with Gasteiger partial charge >= 0.3 is 0 Å². The van der Waals surface area contributed by atoms with E-state index in [4.69, 9.17) is 10.5 Å². The van der Waals surface area contributed by atoms with E-state index in [0.717, 1.165) is 6.42 Å². The average Bonchev–Trinajstić information content (AvgIpc) is 2.83. The molecule has 8 heteroatoms. The van der Waals surface area contributed by atoms with Crippen LogP contribution < -0.4 is 10.5 Å². The Morgan fingerprint density at radius 2 is 2.24 bits per heavy atom. The monoisotopic (exact) mass is 252 g/mol. The molecule has 0 saturated heterocycles. The lowest BCUT2D eigenvalue weighted by molar-refractivity contribution is 0.305. The number of aromatic amines is 1. The Hall–Kier alpha value is -1.83. The number of hydrogen-bond donors (Lipinski definition) is 2. The van der Waals surface area contributed by atoms with Crippen molar-refractivity contribution in [2.75, 3.05) is 12.3 Å². The van der Waals surface area contributed by atoms with Crippen LogP contribution in [0.15, 0.2) is 22.8 Å². The number of hydrogen-bond acceptors (Lipinski definition) is 7. The lowest BCUT2D eigenvalue weighted by Crippen LogP contribution is -2.03. The zero-order valence-corrected chi connectivity index (χ0v) is 10.1. The molecular weight excluding hydrogens is 240 g/mol. The topological polar surface area (TPSA) is 103 Å². The maximum Gasteiger partial charge on any atom is 0.241 e. The Morgan fingerprint density at radius 3 is 2.94 bits per heavy atom. The van der Waals surface area contributed by atoms with Crippen molar-refractivity contribution in [3.05, 3.63) is 12.7 Å². The molecule has 0 unspecified atom stereocenters. The van der Waals surface area contributed by atoms with Crippen LogP contribution in [0.2, 0.25) is 0 Å². The van der Waals surface area contributed by atoms with E-state index in [1.807, 2.05) is 6.92 Å². The number of aromatic nitrogens is 5. The predicted molar refractivity (Wildman–Crippen MR) is 62.7 cm³/mol. The van der Waals surface area contributed by atoms with Crippen molar-refractivity contribution in [1.82, 2.24) is 25.1 Å². The fourth-order valence-corrected chi connectivity index (χ4v) is 1.77. The van der Waals surface area contributed by atoms with E-state index in [1.54, 1.807) is 0 Å². The molecule has 3 N–H and O–H groups in total. The van der Waals surface area contributed by atoms with Gasteiger partial charge in [0.1, 0.15) is 23.4 Å². The molecule has 17 heavy (non-hydrogen) atoms. The highest BCUT2D eigenvalue weighted by atomic mass is 32.2. The van der Waals surface area contributed by atoms with Gasteiger partial charge in [-0.05, 0) is 18.2 Å². The first-order chi connectivity index (χ1) is 8.31. The molecular formula is C9H12N6OS. The molecule has 0 bridgehead atoms. The number of nitrogens with zero attached hydrogens (tertiary/aromatic N) is 4. The second-order valence-electron chi connectivity index (χ2n) is 3.14. The summed E-state index contributed by atoms with van der Waals surface area (Å²) in [6.45, 7) is 2.59. The van der Waals surface area contributed by atoms with Crippen LogP contribution in [-0.2, 0) is 0 Å². The summed E-state index contributed by atoms with van der Waals surface area (Å²) in [6.07, 6.45) is 3.74. The van der Waals surface area contributed by atoms with Crippen LogP contribution in [-0.4, -0.2) is 31.8 Å². The maximum atomic E-state index is 5.91. The molecule has 0 aliphatic rings. The summed E-state index contributed by atoms with van der Waals surface area (Å²) in [6, 6.07) is 0. The number of anilines is 1. The SMILES string of the molecule is CCCOc1ncnc(Sc2ncn[nH]2)c1N. The van der Waals surface area contributed by atoms with E-state index < -0.39 is 0 Å². The van der Waals surface area contributed by atoms with Crippen molar-refractivity contribution < 1.29 is 4.74 Å². The highest BCUT2D eigenvalue weighted by Gasteiger charge is 2.11. The van der Waals surface area contributed by atoms with Crippen molar-refractivity contribution in [2.45, 2.75) is 23.5 Å². The van der Waals surface area contributed by atoms with Crippen molar-refractivity contribution in [2.24, 2.45) is 0 Å². The van der Waals surface area contributed by atoms with Gasteiger partial charge in [-0.2, -0.15) is 10.1 Å². The third kappa shape index (κ3) is 2.84. The van der Waals surface area contributed by atoms with Crippen LogP contribution in [0.3, 0.4) is 0 Å². The Morgan fingerprint density at radius 1 is 1.35 bits per heavy atom. The van der Waals surface area contributed by atoms with E-state index in [9.17, 15) is 0 Å². The quantitative estimate of drug-likeness (QED) is 0.768. The molecule has 2 rings (SSSR count). The molecule has 2 aromatic heterocycles. The summed E-state index contributed by atoms with van der Waals surface area (Å²) < 4.78 is 5.41. The molecule has 0 amide bonds. The van der Waals surface area contributed by atoms with Crippen molar-refractivity contribution in [3.8, 4) is 5.88 Å². The summed E-state index contributed by atoms with van der Waals surface area (Å²) in [5.74, 6) is 0.406. The first-order valence-electron chi connectivity index (χ1n) is 5.07. The Kier molecular flexibility index (Phi) is 3.76. The molecule has 0 aromatic carbocycles. The second kappa shape index (κ2) is 5.48. The van der Waals surface area contributed by atoms with E-state index in [-0.39, 0.29) is 0 Å². The molecule has 7 nitrogen and oxygen atoms in total. The van der Waals surface area contributed by atoms with Gasteiger partial charge in [0.2, 0.25) is 5.88 Å².